The van der Waals surface area contributed by atoms with Crippen LogP contribution in [0.4, 0.5) is 11.4 Å². The van der Waals surface area contributed by atoms with Crippen LogP contribution in [0.25, 0.3) is 0 Å². The van der Waals surface area contributed by atoms with Crippen molar-refractivity contribution in [2.75, 3.05) is 17.2 Å². The fourth-order valence-electron chi connectivity index (χ4n) is 3.37. The minimum atomic E-state index is -0.416. The maximum absolute atomic E-state index is 12.4. The number of rotatable bonds is 10. The molecular weight excluding hydrogens is 474 g/mol. The Kier molecular flexibility index (Phi) is 10.1. The van der Waals surface area contributed by atoms with Crippen LogP contribution in [0.5, 0.6) is 0 Å². The molecule has 7 nitrogen and oxygen atoms in total. The lowest BCUT2D eigenvalue weighted by molar-refractivity contribution is -0.145. The standard InChI is InChI=1S/C28H29N3O4S/c1-20-7-5-11-22(19-20)27(34)29-23-12-14-24(15-13-23)30-28(36)31-25(32)16-17-26(33)35-18-6-10-21-8-3-2-4-9-21/h2-5,7-9,11-15,19H,6,10,16-18H2,1H3,(H,29,34)(H2,30,31,32,36). The Balaban J connectivity index is 1.33. The number of carbonyl (C=O) groups excluding carboxylic acids is 3. The molecule has 8 heteroatoms. The highest BCUT2D eigenvalue weighted by Gasteiger charge is 2.10. The molecule has 0 spiro atoms. The highest BCUT2D eigenvalue weighted by atomic mass is 32.1. The van der Waals surface area contributed by atoms with Gasteiger partial charge in [-0.2, -0.15) is 0 Å². The number of nitrogens with one attached hydrogen (secondary N) is 3. The zero-order valence-corrected chi connectivity index (χ0v) is 20.9. The fraction of sp³-hybridized carbons (Fsp3) is 0.214. The predicted molar refractivity (Wildman–Crippen MR) is 145 cm³/mol. The summed E-state index contributed by atoms with van der Waals surface area (Å²) in [5.41, 5.74) is 4.05. The van der Waals surface area contributed by atoms with Gasteiger partial charge in [-0.15, -0.1) is 0 Å². The summed E-state index contributed by atoms with van der Waals surface area (Å²) in [5.74, 6) is -0.993. The smallest absolute Gasteiger partial charge is 0.306 e. The topological polar surface area (TPSA) is 96.5 Å². The molecule has 0 aliphatic rings. The number of aryl methyl sites for hydroxylation is 2. The zero-order valence-electron chi connectivity index (χ0n) is 20.1. The SMILES string of the molecule is Cc1cccc(C(=O)Nc2ccc(NC(=S)NC(=O)CCC(=O)OCCCc3ccccc3)cc2)c1. The Morgan fingerprint density at radius 2 is 1.53 bits per heavy atom. The van der Waals surface area contributed by atoms with Gasteiger partial charge in [-0.05, 0) is 73.9 Å². The van der Waals surface area contributed by atoms with Crippen molar-refractivity contribution in [1.29, 1.82) is 0 Å². The van der Waals surface area contributed by atoms with Gasteiger partial charge in [0.05, 0.1) is 13.0 Å². The van der Waals surface area contributed by atoms with Gasteiger partial charge in [0.15, 0.2) is 5.11 Å². The van der Waals surface area contributed by atoms with Crippen LogP contribution >= 0.6 is 12.2 Å². The molecule has 186 valence electrons. The van der Waals surface area contributed by atoms with E-state index in [0.29, 0.717) is 23.5 Å². The molecule has 0 atom stereocenters. The fourth-order valence-corrected chi connectivity index (χ4v) is 3.60. The van der Waals surface area contributed by atoms with Crippen molar-refractivity contribution in [2.45, 2.75) is 32.6 Å². The van der Waals surface area contributed by atoms with Gasteiger partial charge in [0, 0.05) is 23.4 Å². The van der Waals surface area contributed by atoms with Crippen LogP contribution in [0.2, 0.25) is 0 Å². The first kappa shape index (κ1) is 26.6. The molecule has 0 aliphatic heterocycles. The predicted octanol–water partition coefficient (Wildman–Crippen LogP) is 5.02. The Bertz CT molecular complexity index is 1200. The number of hydrogen-bond acceptors (Lipinski definition) is 5. The molecule has 0 aliphatic carbocycles. The van der Waals surface area contributed by atoms with Crippen molar-refractivity contribution in [3.05, 3.63) is 95.6 Å². The van der Waals surface area contributed by atoms with Crippen LogP contribution in [0, 0.1) is 6.92 Å². The monoisotopic (exact) mass is 503 g/mol. The van der Waals surface area contributed by atoms with E-state index in [9.17, 15) is 14.4 Å². The number of amides is 2. The summed E-state index contributed by atoms with van der Waals surface area (Å²) in [4.78, 5) is 36.3. The summed E-state index contributed by atoms with van der Waals surface area (Å²) >= 11 is 5.17. The Hall–Kier alpha value is -4.04. The summed E-state index contributed by atoms with van der Waals surface area (Å²) < 4.78 is 5.19. The molecule has 0 saturated carbocycles. The van der Waals surface area contributed by atoms with E-state index in [-0.39, 0.29) is 29.8 Å². The number of ether oxygens (including phenoxy) is 1. The third-order valence-corrected chi connectivity index (χ3v) is 5.41. The average Bonchev–Trinajstić information content (AvgIpc) is 2.87. The third-order valence-electron chi connectivity index (χ3n) is 5.21. The molecule has 0 heterocycles. The molecule has 2 amide bonds. The van der Waals surface area contributed by atoms with Crippen molar-refractivity contribution in [2.24, 2.45) is 0 Å². The molecule has 0 saturated heterocycles. The first-order chi connectivity index (χ1) is 17.4. The van der Waals surface area contributed by atoms with E-state index in [0.717, 1.165) is 18.4 Å². The Morgan fingerprint density at radius 3 is 2.22 bits per heavy atom. The van der Waals surface area contributed by atoms with E-state index in [1.807, 2.05) is 55.5 Å². The van der Waals surface area contributed by atoms with Gasteiger partial charge < -0.3 is 20.7 Å². The van der Waals surface area contributed by atoms with E-state index in [1.54, 1.807) is 30.3 Å². The quantitative estimate of drug-likeness (QED) is 0.204. The number of hydrogen-bond donors (Lipinski definition) is 3. The van der Waals surface area contributed by atoms with Crippen molar-refractivity contribution in [3.63, 3.8) is 0 Å². The molecule has 3 aromatic rings. The summed E-state index contributed by atoms with van der Waals surface area (Å²) in [5, 5.41) is 8.42. The minimum Gasteiger partial charge on any atom is -0.466 e. The second kappa shape index (κ2) is 13.7. The molecule has 0 fully saturated rings. The highest BCUT2D eigenvalue weighted by molar-refractivity contribution is 7.80. The third kappa shape index (κ3) is 9.31. The molecule has 0 unspecified atom stereocenters. The first-order valence-corrected chi connectivity index (χ1v) is 12.1. The van der Waals surface area contributed by atoms with Crippen LogP contribution in [0.3, 0.4) is 0 Å². The van der Waals surface area contributed by atoms with E-state index < -0.39 is 5.97 Å². The highest BCUT2D eigenvalue weighted by Crippen LogP contribution is 2.15. The second-order valence-electron chi connectivity index (χ2n) is 8.21. The van der Waals surface area contributed by atoms with Gasteiger partial charge >= 0.3 is 5.97 Å². The summed E-state index contributed by atoms with van der Waals surface area (Å²) in [6.45, 7) is 2.25. The molecule has 0 radical (unpaired) electrons. The average molecular weight is 504 g/mol. The molecule has 0 bridgehead atoms. The number of anilines is 2. The number of benzene rings is 3. The Labute approximate surface area is 216 Å². The normalized spacial score (nSPS) is 10.2. The number of thiocarbonyl (C=S) groups is 1. The molecule has 0 aromatic heterocycles. The van der Waals surface area contributed by atoms with E-state index in [4.69, 9.17) is 17.0 Å². The lowest BCUT2D eigenvalue weighted by Gasteiger charge is -2.11. The summed E-state index contributed by atoms with van der Waals surface area (Å²) in [7, 11) is 0. The van der Waals surface area contributed by atoms with Crippen molar-refractivity contribution in [3.8, 4) is 0 Å². The van der Waals surface area contributed by atoms with Crippen molar-refractivity contribution < 1.29 is 19.1 Å². The van der Waals surface area contributed by atoms with Crippen LogP contribution in [0.15, 0.2) is 78.9 Å². The van der Waals surface area contributed by atoms with Crippen molar-refractivity contribution in [1.82, 2.24) is 5.32 Å². The van der Waals surface area contributed by atoms with E-state index >= 15 is 0 Å². The lowest BCUT2D eigenvalue weighted by Crippen LogP contribution is -2.34. The lowest BCUT2D eigenvalue weighted by atomic mass is 10.1. The molecule has 3 N–H and O–H groups in total. The first-order valence-electron chi connectivity index (χ1n) is 11.7. The van der Waals surface area contributed by atoms with Gasteiger partial charge in [0.1, 0.15) is 0 Å². The maximum Gasteiger partial charge on any atom is 0.306 e. The Morgan fingerprint density at radius 1 is 0.833 bits per heavy atom. The van der Waals surface area contributed by atoms with E-state index in [2.05, 4.69) is 16.0 Å². The molecule has 36 heavy (non-hydrogen) atoms. The van der Waals surface area contributed by atoms with Gasteiger partial charge in [-0.25, -0.2) is 0 Å². The molecule has 3 aromatic carbocycles. The maximum atomic E-state index is 12.4. The molecule has 3 rings (SSSR count). The number of esters is 1. The summed E-state index contributed by atoms with van der Waals surface area (Å²) in [6, 6.07) is 24.2. The summed E-state index contributed by atoms with van der Waals surface area (Å²) in [6.07, 6.45) is 1.51. The van der Waals surface area contributed by atoms with Crippen LogP contribution < -0.4 is 16.0 Å². The molecular formula is C28H29N3O4S. The van der Waals surface area contributed by atoms with Crippen LogP contribution in [0.1, 0.15) is 40.7 Å². The second-order valence-corrected chi connectivity index (χ2v) is 8.62. The van der Waals surface area contributed by atoms with Crippen molar-refractivity contribution >= 4 is 46.5 Å². The largest absolute Gasteiger partial charge is 0.466 e. The minimum absolute atomic E-state index is 0.0187. The van der Waals surface area contributed by atoms with E-state index in [1.165, 1.54) is 5.56 Å². The van der Waals surface area contributed by atoms with Gasteiger partial charge in [0.25, 0.3) is 5.91 Å². The van der Waals surface area contributed by atoms with Gasteiger partial charge in [0.2, 0.25) is 5.91 Å². The van der Waals surface area contributed by atoms with Gasteiger partial charge in [-0.3, -0.25) is 14.4 Å². The van der Waals surface area contributed by atoms with Crippen LogP contribution in [-0.4, -0.2) is 29.5 Å². The number of carbonyl (C=O) groups is 3. The zero-order chi connectivity index (χ0) is 25.8. The van der Waals surface area contributed by atoms with Crippen LogP contribution in [-0.2, 0) is 20.7 Å². The van der Waals surface area contributed by atoms with Gasteiger partial charge in [-0.1, -0.05) is 48.0 Å².